The zero-order chi connectivity index (χ0) is 13.7. The molecule has 0 radical (unpaired) electrons. The third-order valence-corrected chi connectivity index (χ3v) is 2.95. The summed E-state index contributed by atoms with van der Waals surface area (Å²) in [4.78, 5) is 0. The standard InChI is InChI=1S/C16H19NO2/c1-4-19-16-11-13(8-9-15(16)18-3)12-6-5-7-14(10-12)17-2/h5-11,17H,4H2,1-3H3. The van der Waals surface area contributed by atoms with Crippen LogP contribution in [0.5, 0.6) is 11.5 Å². The third kappa shape index (κ3) is 2.99. The van der Waals surface area contributed by atoms with Gasteiger partial charge in [0.05, 0.1) is 13.7 Å². The van der Waals surface area contributed by atoms with Crippen molar-refractivity contribution in [3.8, 4) is 22.6 Å². The first-order chi connectivity index (χ1) is 9.28. The molecule has 0 aromatic heterocycles. The molecule has 0 bridgehead atoms. The van der Waals surface area contributed by atoms with Crippen molar-refractivity contribution in [1.29, 1.82) is 0 Å². The Morgan fingerprint density at radius 1 is 1.00 bits per heavy atom. The van der Waals surface area contributed by atoms with Gasteiger partial charge in [0.15, 0.2) is 11.5 Å². The van der Waals surface area contributed by atoms with Gasteiger partial charge in [0, 0.05) is 12.7 Å². The second-order valence-electron chi connectivity index (χ2n) is 4.13. The molecule has 0 spiro atoms. The Hall–Kier alpha value is -2.16. The molecular formula is C16H19NO2. The van der Waals surface area contributed by atoms with E-state index in [0.717, 1.165) is 28.3 Å². The van der Waals surface area contributed by atoms with Gasteiger partial charge in [0.2, 0.25) is 0 Å². The van der Waals surface area contributed by atoms with Crippen molar-refractivity contribution in [3.05, 3.63) is 42.5 Å². The van der Waals surface area contributed by atoms with Crippen molar-refractivity contribution in [2.75, 3.05) is 26.1 Å². The van der Waals surface area contributed by atoms with Gasteiger partial charge < -0.3 is 14.8 Å². The first kappa shape index (κ1) is 13.3. The highest BCUT2D eigenvalue weighted by Crippen LogP contribution is 2.33. The summed E-state index contributed by atoms with van der Waals surface area (Å²) in [7, 11) is 3.57. The number of hydrogen-bond acceptors (Lipinski definition) is 3. The van der Waals surface area contributed by atoms with E-state index >= 15 is 0 Å². The van der Waals surface area contributed by atoms with Crippen LogP contribution in [0.2, 0.25) is 0 Å². The Labute approximate surface area is 114 Å². The van der Waals surface area contributed by atoms with Crippen LogP contribution in [0.3, 0.4) is 0 Å². The van der Waals surface area contributed by atoms with E-state index in [1.807, 2.05) is 44.3 Å². The van der Waals surface area contributed by atoms with Crippen LogP contribution in [0, 0.1) is 0 Å². The van der Waals surface area contributed by atoms with Crippen LogP contribution in [0.25, 0.3) is 11.1 Å². The van der Waals surface area contributed by atoms with Crippen molar-refractivity contribution in [2.24, 2.45) is 0 Å². The molecule has 2 aromatic rings. The quantitative estimate of drug-likeness (QED) is 0.883. The van der Waals surface area contributed by atoms with Crippen LogP contribution in [0.15, 0.2) is 42.5 Å². The minimum Gasteiger partial charge on any atom is -0.493 e. The van der Waals surface area contributed by atoms with Crippen LogP contribution < -0.4 is 14.8 Å². The van der Waals surface area contributed by atoms with Gasteiger partial charge in [-0.3, -0.25) is 0 Å². The lowest BCUT2D eigenvalue weighted by Gasteiger charge is -2.12. The van der Waals surface area contributed by atoms with Crippen molar-refractivity contribution < 1.29 is 9.47 Å². The Balaban J connectivity index is 2.41. The molecular weight excluding hydrogens is 238 g/mol. The molecule has 0 aliphatic rings. The second-order valence-corrected chi connectivity index (χ2v) is 4.13. The molecule has 100 valence electrons. The number of rotatable bonds is 5. The Kier molecular flexibility index (Phi) is 4.29. The predicted molar refractivity (Wildman–Crippen MR) is 79.1 cm³/mol. The summed E-state index contributed by atoms with van der Waals surface area (Å²) in [6.07, 6.45) is 0. The smallest absolute Gasteiger partial charge is 0.161 e. The van der Waals surface area contributed by atoms with Crippen LogP contribution >= 0.6 is 0 Å². The fourth-order valence-electron chi connectivity index (χ4n) is 1.98. The zero-order valence-corrected chi connectivity index (χ0v) is 11.6. The van der Waals surface area contributed by atoms with E-state index in [-0.39, 0.29) is 0 Å². The number of anilines is 1. The van der Waals surface area contributed by atoms with Gasteiger partial charge in [-0.05, 0) is 42.3 Å². The van der Waals surface area contributed by atoms with Gasteiger partial charge in [-0.25, -0.2) is 0 Å². The monoisotopic (exact) mass is 257 g/mol. The first-order valence-corrected chi connectivity index (χ1v) is 6.37. The topological polar surface area (TPSA) is 30.5 Å². The van der Waals surface area contributed by atoms with Crippen LogP contribution in [-0.4, -0.2) is 20.8 Å². The molecule has 0 amide bonds. The second kappa shape index (κ2) is 6.14. The lowest BCUT2D eigenvalue weighted by atomic mass is 10.0. The summed E-state index contributed by atoms with van der Waals surface area (Å²) in [5, 5.41) is 3.14. The maximum absolute atomic E-state index is 5.61. The first-order valence-electron chi connectivity index (χ1n) is 6.37. The average Bonchev–Trinajstić information content (AvgIpc) is 2.47. The molecule has 0 fully saturated rings. The molecule has 0 atom stereocenters. The molecule has 2 aromatic carbocycles. The molecule has 0 saturated carbocycles. The van der Waals surface area contributed by atoms with E-state index in [2.05, 4.69) is 17.4 Å². The van der Waals surface area contributed by atoms with E-state index < -0.39 is 0 Å². The normalized spacial score (nSPS) is 10.1. The van der Waals surface area contributed by atoms with Crippen molar-refractivity contribution in [3.63, 3.8) is 0 Å². The lowest BCUT2D eigenvalue weighted by Crippen LogP contribution is -1.95. The number of methoxy groups -OCH3 is 1. The van der Waals surface area contributed by atoms with Crippen LogP contribution in [-0.2, 0) is 0 Å². The molecule has 19 heavy (non-hydrogen) atoms. The predicted octanol–water partition coefficient (Wildman–Crippen LogP) is 3.80. The summed E-state index contributed by atoms with van der Waals surface area (Å²) < 4.78 is 10.9. The highest BCUT2D eigenvalue weighted by Gasteiger charge is 2.07. The van der Waals surface area contributed by atoms with Crippen molar-refractivity contribution in [2.45, 2.75) is 6.92 Å². The largest absolute Gasteiger partial charge is 0.493 e. The van der Waals surface area contributed by atoms with E-state index in [1.165, 1.54) is 0 Å². The van der Waals surface area contributed by atoms with E-state index in [4.69, 9.17) is 9.47 Å². The summed E-state index contributed by atoms with van der Waals surface area (Å²) >= 11 is 0. The maximum atomic E-state index is 5.61. The maximum Gasteiger partial charge on any atom is 0.161 e. The van der Waals surface area contributed by atoms with Gasteiger partial charge in [-0.15, -0.1) is 0 Å². The van der Waals surface area contributed by atoms with E-state index in [0.29, 0.717) is 6.61 Å². The van der Waals surface area contributed by atoms with Crippen LogP contribution in [0.1, 0.15) is 6.92 Å². The molecule has 3 heteroatoms. The zero-order valence-electron chi connectivity index (χ0n) is 11.6. The SMILES string of the molecule is CCOc1cc(-c2cccc(NC)c2)ccc1OC. The number of nitrogens with one attached hydrogen (secondary N) is 1. The minimum absolute atomic E-state index is 0.621. The Morgan fingerprint density at radius 3 is 2.47 bits per heavy atom. The summed E-state index contributed by atoms with van der Waals surface area (Å²) in [5.74, 6) is 1.53. The molecule has 0 heterocycles. The molecule has 1 N–H and O–H groups in total. The van der Waals surface area contributed by atoms with Crippen LogP contribution in [0.4, 0.5) is 5.69 Å². The van der Waals surface area contributed by atoms with E-state index in [1.54, 1.807) is 7.11 Å². The Morgan fingerprint density at radius 2 is 1.79 bits per heavy atom. The average molecular weight is 257 g/mol. The lowest BCUT2D eigenvalue weighted by molar-refractivity contribution is 0.311. The fraction of sp³-hybridized carbons (Fsp3) is 0.250. The van der Waals surface area contributed by atoms with Gasteiger partial charge in [0.1, 0.15) is 0 Å². The third-order valence-electron chi connectivity index (χ3n) is 2.95. The number of hydrogen-bond donors (Lipinski definition) is 1. The Bertz CT molecular complexity index is 552. The van der Waals surface area contributed by atoms with Crippen molar-refractivity contribution in [1.82, 2.24) is 0 Å². The van der Waals surface area contributed by atoms with Gasteiger partial charge in [0.25, 0.3) is 0 Å². The number of benzene rings is 2. The highest BCUT2D eigenvalue weighted by molar-refractivity contribution is 5.70. The van der Waals surface area contributed by atoms with Gasteiger partial charge in [-0.1, -0.05) is 18.2 Å². The molecule has 2 rings (SSSR count). The summed E-state index contributed by atoms with van der Waals surface area (Å²) in [5.41, 5.74) is 3.35. The minimum atomic E-state index is 0.621. The molecule has 0 aliphatic heterocycles. The van der Waals surface area contributed by atoms with Crippen molar-refractivity contribution >= 4 is 5.69 Å². The summed E-state index contributed by atoms with van der Waals surface area (Å²) in [6, 6.07) is 14.2. The van der Waals surface area contributed by atoms with E-state index in [9.17, 15) is 0 Å². The molecule has 3 nitrogen and oxygen atoms in total. The van der Waals surface area contributed by atoms with Gasteiger partial charge in [-0.2, -0.15) is 0 Å². The highest BCUT2D eigenvalue weighted by atomic mass is 16.5. The molecule has 0 unspecified atom stereocenters. The fourth-order valence-corrected chi connectivity index (χ4v) is 1.98. The molecule has 0 saturated heterocycles. The summed E-state index contributed by atoms with van der Waals surface area (Å²) in [6.45, 7) is 2.59. The number of ether oxygens (including phenoxy) is 2. The van der Waals surface area contributed by atoms with Gasteiger partial charge >= 0.3 is 0 Å². The molecule has 0 aliphatic carbocycles.